The fourth-order valence-corrected chi connectivity index (χ4v) is 7.90. The first-order chi connectivity index (χ1) is 20.2. The average Bonchev–Trinajstić information content (AvgIpc) is 3.38. The van der Waals surface area contributed by atoms with E-state index in [4.69, 9.17) is 18.9 Å². The summed E-state index contributed by atoms with van der Waals surface area (Å²) in [6.07, 6.45) is 1.35. The second kappa shape index (κ2) is 12.5. The number of ether oxygens (including phenoxy) is 4. The van der Waals surface area contributed by atoms with Crippen LogP contribution in [-0.4, -0.2) is 47.6 Å². The molecule has 2 saturated carbocycles. The monoisotopic (exact) mass is 576 g/mol. The van der Waals surface area contributed by atoms with Crippen LogP contribution < -0.4 is 0 Å². The Morgan fingerprint density at radius 1 is 0.976 bits per heavy atom. The highest BCUT2D eigenvalue weighted by molar-refractivity contribution is 6.00. The standard InChI is InChI=1S/C35H44O7/c1-5-28(36)19-33(4)29-18-30(37)25(3)31(29)35(38)32(41-22-39-20-26-12-8-6-9-13-26)24(2)16-17-34(33,35)42-23-40-21-27-14-10-7-11-15-27/h6-15,24,29,32,38H,5,16-23H2,1-4H3/t24?,29-,32?,33?,34+,35?/m1/s1. The lowest BCUT2D eigenvalue weighted by molar-refractivity contribution is -0.302. The SMILES string of the molecule is CCC(=O)CC1(C)[C@@H]2CC(=O)C(C)=C2C2(O)C(OCOCc3ccccc3)C(C)CC[C@@]21OCOCc1ccccc1. The summed E-state index contributed by atoms with van der Waals surface area (Å²) in [6.45, 7) is 8.36. The Morgan fingerprint density at radius 2 is 1.57 bits per heavy atom. The van der Waals surface area contributed by atoms with Gasteiger partial charge in [-0.05, 0) is 53.9 Å². The van der Waals surface area contributed by atoms with E-state index >= 15 is 0 Å². The zero-order valence-electron chi connectivity index (χ0n) is 25.3. The zero-order valence-corrected chi connectivity index (χ0v) is 25.3. The Labute approximate surface area is 249 Å². The predicted octanol–water partition coefficient (Wildman–Crippen LogP) is 5.93. The number of carbonyl (C=O) groups is 2. The molecule has 0 amide bonds. The number of hydrogen-bond acceptors (Lipinski definition) is 7. The van der Waals surface area contributed by atoms with Gasteiger partial charge in [0, 0.05) is 24.7 Å². The van der Waals surface area contributed by atoms with E-state index in [2.05, 4.69) is 6.92 Å². The van der Waals surface area contributed by atoms with Crippen molar-refractivity contribution in [2.45, 2.75) is 90.3 Å². The Hall–Kier alpha value is -2.68. The van der Waals surface area contributed by atoms with Crippen molar-refractivity contribution in [1.82, 2.24) is 0 Å². The Morgan fingerprint density at radius 3 is 2.17 bits per heavy atom. The smallest absolute Gasteiger partial charge is 0.159 e. The van der Waals surface area contributed by atoms with Crippen LogP contribution in [0.1, 0.15) is 70.9 Å². The van der Waals surface area contributed by atoms with E-state index in [1.54, 1.807) is 6.92 Å². The van der Waals surface area contributed by atoms with E-state index < -0.39 is 22.7 Å². The van der Waals surface area contributed by atoms with E-state index in [1.165, 1.54) is 0 Å². The minimum Gasteiger partial charge on any atom is -0.380 e. The van der Waals surface area contributed by atoms with Gasteiger partial charge in [0.05, 0.1) is 19.3 Å². The number of rotatable bonds is 13. The number of ketones is 2. The highest BCUT2D eigenvalue weighted by Gasteiger charge is 2.78. The van der Waals surface area contributed by atoms with E-state index in [-0.39, 0.29) is 49.8 Å². The van der Waals surface area contributed by atoms with Crippen molar-refractivity contribution in [2.24, 2.45) is 17.3 Å². The Balaban J connectivity index is 1.48. The second-order valence-corrected chi connectivity index (χ2v) is 12.4. The molecule has 0 radical (unpaired) electrons. The van der Waals surface area contributed by atoms with Gasteiger partial charge in [0.15, 0.2) is 5.78 Å². The van der Waals surface area contributed by atoms with Gasteiger partial charge in [-0.3, -0.25) is 9.59 Å². The maximum absolute atomic E-state index is 13.2. The van der Waals surface area contributed by atoms with Gasteiger partial charge in [0.2, 0.25) is 0 Å². The van der Waals surface area contributed by atoms with Gasteiger partial charge in [0.1, 0.15) is 30.6 Å². The number of benzene rings is 2. The van der Waals surface area contributed by atoms with Crippen LogP contribution in [0.5, 0.6) is 0 Å². The number of fused-ring (bicyclic) bond motifs is 3. The third kappa shape index (κ3) is 5.20. The van der Waals surface area contributed by atoms with Crippen LogP contribution >= 0.6 is 0 Å². The molecule has 226 valence electrons. The summed E-state index contributed by atoms with van der Waals surface area (Å²) >= 11 is 0. The van der Waals surface area contributed by atoms with Gasteiger partial charge in [-0.25, -0.2) is 0 Å². The topological polar surface area (TPSA) is 91.3 Å². The molecule has 2 aromatic rings. The van der Waals surface area contributed by atoms with Gasteiger partial charge in [0.25, 0.3) is 0 Å². The van der Waals surface area contributed by atoms with Gasteiger partial charge in [-0.1, -0.05) is 81.4 Å². The molecule has 3 aliphatic rings. The fraction of sp³-hybridized carbons (Fsp3) is 0.543. The Bertz CT molecular complexity index is 1290. The van der Waals surface area contributed by atoms with Crippen molar-refractivity contribution in [3.8, 4) is 0 Å². The molecule has 0 saturated heterocycles. The van der Waals surface area contributed by atoms with Crippen LogP contribution in [0.25, 0.3) is 0 Å². The van der Waals surface area contributed by atoms with Crippen molar-refractivity contribution in [3.63, 3.8) is 0 Å². The van der Waals surface area contributed by atoms with Gasteiger partial charge < -0.3 is 24.1 Å². The lowest BCUT2D eigenvalue weighted by atomic mass is 9.57. The van der Waals surface area contributed by atoms with Crippen molar-refractivity contribution < 1.29 is 33.6 Å². The number of Topliss-reactive ketones (excluding diaryl/α,β-unsaturated/α-hetero) is 2. The highest BCUT2D eigenvalue weighted by atomic mass is 16.7. The molecule has 3 aliphatic carbocycles. The van der Waals surface area contributed by atoms with Gasteiger partial charge in [-0.2, -0.15) is 0 Å². The van der Waals surface area contributed by atoms with Crippen LogP contribution in [0, 0.1) is 17.3 Å². The van der Waals surface area contributed by atoms with E-state index in [1.807, 2.05) is 74.5 Å². The second-order valence-electron chi connectivity index (χ2n) is 12.4. The third-order valence-corrected chi connectivity index (χ3v) is 10.1. The molecule has 7 nitrogen and oxygen atoms in total. The lowest BCUT2D eigenvalue weighted by Gasteiger charge is -2.57. The summed E-state index contributed by atoms with van der Waals surface area (Å²) < 4.78 is 25.1. The van der Waals surface area contributed by atoms with Crippen molar-refractivity contribution in [1.29, 1.82) is 0 Å². The summed E-state index contributed by atoms with van der Waals surface area (Å²) in [6, 6.07) is 19.7. The summed E-state index contributed by atoms with van der Waals surface area (Å²) in [4.78, 5) is 26.3. The van der Waals surface area contributed by atoms with Crippen LogP contribution in [0.4, 0.5) is 0 Å². The van der Waals surface area contributed by atoms with E-state index in [9.17, 15) is 14.7 Å². The maximum atomic E-state index is 13.2. The number of hydrogen-bond donors (Lipinski definition) is 1. The molecule has 0 heterocycles. The van der Waals surface area contributed by atoms with E-state index in [0.29, 0.717) is 43.6 Å². The number of aliphatic hydroxyl groups is 1. The fourth-order valence-electron chi connectivity index (χ4n) is 7.90. The van der Waals surface area contributed by atoms with Crippen LogP contribution in [0.3, 0.4) is 0 Å². The van der Waals surface area contributed by atoms with Crippen molar-refractivity contribution in [3.05, 3.63) is 82.9 Å². The molecule has 6 atom stereocenters. The summed E-state index contributed by atoms with van der Waals surface area (Å²) in [5.74, 6) is -0.294. The van der Waals surface area contributed by atoms with Gasteiger partial charge >= 0.3 is 0 Å². The molecule has 0 spiro atoms. The molecule has 1 N–H and O–H groups in total. The predicted molar refractivity (Wildman–Crippen MR) is 158 cm³/mol. The molecule has 0 aromatic heterocycles. The molecular formula is C35H44O7. The molecule has 2 aromatic carbocycles. The first-order valence-corrected chi connectivity index (χ1v) is 15.2. The molecule has 4 unspecified atom stereocenters. The lowest BCUT2D eigenvalue weighted by Crippen LogP contribution is -2.70. The van der Waals surface area contributed by atoms with Crippen LogP contribution in [-0.2, 0) is 41.8 Å². The third-order valence-electron chi connectivity index (χ3n) is 10.1. The molecule has 0 aliphatic heterocycles. The molecule has 7 heteroatoms. The minimum atomic E-state index is -1.64. The normalized spacial score (nSPS) is 32.2. The van der Waals surface area contributed by atoms with Crippen molar-refractivity contribution >= 4 is 11.6 Å². The van der Waals surface area contributed by atoms with Crippen LogP contribution in [0.15, 0.2) is 71.8 Å². The molecular weight excluding hydrogens is 532 g/mol. The number of carbonyl (C=O) groups excluding carboxylic acids is 2. The Kier molecular flexibility index (Phi) is 9.16. The van der Waals surface area contributed by atoms with Crippen molar-refractivity contribution in [2.75, 3.05) is 13.6 Å². The zero-order chi connectivity index (χ0) is 30.0. The maximum Gasteiger partial charge on any atom is 0.159 e. The highest BCUT2D eigenvalue weighted by Crippen LogP contribution is 2.70. The molecule has 2 fully saturated rings. The molecule has 42 heavy (non-hydrogen) atoms. The first kappa shape index (κ1) is 30.8. The largest absolute Gasteiger partial charge is 0.380 e. The molecule has 5 rings (SSSR count). The van der Waals surface area contributed by atoms with E-state index in [0.717, 1.165) is 11.1 Å². The van der Waals surface area contributed by atoms with Gasteiger partial charge in [-0.15, -0.1) is 0 Å². The summed E-state index contributed by atoms with van der Waals surface area (Å²) in [5, 5.41) is 13.1. The summed E-state index contributed by atoms with van der Waals surface area (Å²) in [5.41, 5.74) is -0.403. The molecule has 0 bridgehead atoms. The minimum absolute atomic E-state index is 0.00447. The summed E-state index contributed by atoms with van der Waals surface area (Å²) in [7, 11) is 0. The van der Waals surface area contributed by atoms with Crippen LogP contribution in [0.2, 0.25) is 0 Å². The first-order valence-electron chi connectivity index (χ1n) is 15.2. The number of allylic oxidation sites excluding steroid dienone is 1. The average molecular weight is 577 g/mol. The quantitative estimate of drug-likeness (QED) is 0.233.